The van der Waals surface area contributed by atoms with Gasteiger partial charge in [0.2, 0.25) is 5.79 Å². The third-order valence-corrected chi connectivity index (χ3v) is 4.51. The molecule has 0 radical (unpaired) electrons. The van der Waals surface area contributed by atoms with Crippen LogP contribution in [0.2, 0.25) is 0 Å². The van der Waals surface area contributed by atoms with Crippen molar-refractivity contribution in [3.8, 4) is 0 Å². The van der Waals surface area contributed by atoms with E-state index < -0.39 is 11.6 Å². The highest BCUT2D eigenvalue weighted by molar-refractivity contribution is 6.21. The second-order valence-corrected chi connectivity index (χ2v) is 5.84. The molecule has 1 aromatic rings. The van der Waals surface area contributed by atoms with E-state index in [1.165, 1.54) is 14.2 Å². The minimum Gasteiger partial charge on any atom is -0.350 e. The molecule has 0 spiro atoms. The van der Waals surface area contributed by atoms with Crippen molar-refractivity contribution in [3.63, 3.8) is 0 Å². The fourth-order valence-corrected chi connectivity index (χ4v) is 2.95. The standard InChI is InChI=1S/C17H19NO5/c1-11-9-17(22-4,23-16(11,2)21-3)10-18-14(19)12-7-5-6-8-13(12)15(18)20/h5-9H,10H2,1-4H3. The van der Waals surface area contributed by atoms with E-state index in [1.54, 1.807) is 37.3 Å². The third-order valence-electron chi connectivity index (χ3n) is 4.51. The predicted molar refractivity (Wildman–Crippen MR) is 81.8 cm³/mol. The molecule has 0 aromatic heterocycles. The molecule has 2 atom stereocenters. The number of hydrogen-bond donors (Lipinski definition) is 0. The van der Waals surface area contributed by atoms with Crippen LogP contribution in [0.25, 0.3) is 0 Å². The summed E-state index contributed by atoms with van der Waals surface area (Å²) in [6.45, 7) is 3.58. The summed E-state index contributed by atoms with van der Waals surface area (Å²) < 4.78 is 16.8. The first kappa shape index (κ1) is 15.9. The van der Waals surface area contributed by atoms with Crippen molar-refractivity contribution in [2.24, 2.45) is 0 Å². The SMILES string of the molecule is COC1(CN2C(=O)c3ccccc3C2=O)C=C(C)C(C)(OC)O1. The van der Waals surface area contributed by atoms with E-state index >= 15 is 0 Å². The molecule has 122 valence electrons. The van der Waals surface area contributed by atoms with E-state index in [2.05, 4.69) is 0 Å². The number of rotatable bonds is 4. The van der Waals surface area contributed by atoms with Crippen LogP contribution in [0.1, 0.15) is 34.6 Å². The van der Waals surface area contributed by atoms with Crippen molar-refractivity contribution in [3.05, 3.63) is 47.0 Å². The van der Waals surface area contributed by atoms with Gasteiger partial charge in [-0.1, -0.05) is 12.1 Å². The molecule has 2 amide bonds. The Balaban J connectivity index is 1.91. The van der Waals surface area contributed by atoms with Crippen molar-refractivity contribution in [2.45, 2.75) is 25.4 Å². The summed E-state index contributed by atoms with van der Waals surface area (Å²) in [6, 6.07) is 6.76. The summed E-state index contributed by atoms with van der Waals surface area (Å²) in [5.41, 5.74) is 1.62. The number of benzene rings is 1. The number of methoxy groups -OCH3 is 2. The number of carbonyl (C=O) groups excluding carboxylic acids is 2. The van der Waals surface area contributed by atoms with E-state index in [4.69, 9.17) is 14.2 Å². The zero-order valence-electron chi connectivity index (χ0n) is 13.6. The van der Waals surface area contributed by atoms with Gasteiger partial charge in [-0.3, -0.25) is 14.5 Å². The number of amides is 2. The van der Waals surface area contributed by atoms with Gasteiger partial charge in [-0.2, -0.15) is 0 Å². The molecular weight excluding hydrogens is 298 g/mol. The summed E-state index contributed by atoms with van der Waals surface area (Å²) in [5.74, 6) is -2.86. The highest BCUT2D eigenvalue weighted by Crippen LogP contribution is 2.39. The number of nitrogens with zero attached hydrogens (tertiary/aromatic N) is 1. The molecule has 1 aromatic carbocycles. The Kier molecular flexibility index (Phi) is 3.63. The van der Waals surface area contributed by atoms with Gasteiger partial charge >= 0.3 is 0 Å². The van der Waals surface area contributed by atoms with Crippen molar-refractivity contribution in [1.82, 2.24) is 4.90 Å². The first-order valence-electron chi connectivity index (χ1n) is 7.31. The molecule has 0 fully saturated rings. The average Bonchev–Trinajstić information content (AvgIpc) is 2.95. The molecule has 6 nitrogen and oxygen atoms in total. The van der Waals surface area contributed by atoms with Crippen molar-refractivity contribution in [2.75, 3.05) is 20.8 Å². The second-order valence-electron chi connectivity index (χ2n) is 5.84. The van der Waals surface area contributed by atoms with Gasteiger partial charge in [-0.15, -0.1) is 0 Å². The van der Waals surface area contributed by atoms with Crippen LogP contribution in [-0.2, 0) is 14.2 Å². The normalized spacial score (nSPS) is 29.9. The number of imide groups is 1. The monoisotopic (exact) mass is 317 g/mol. The minimum atomic E-state index is -1.22. The van der Waals surface area contributed by atoms with Crippen LogP contribution < -0.4 is 0 Å². The van der Waals surface area contributed by atoms with Crippen LogP contribution in [0.15, 0.2) is 35.9 Å². The van der Waals surface area contributed by atoms with Gasteiger partial charge in [0.1, 0.15) is 0 Å². The van der Waals surface area contributed by atoms with Crippen LogP contribution in [0.4, 0.5) is 0 Å². The highest BCUT2D eigenvalue weighted by Gasteiger charge is 2.50. The Morgan fingerprint density at radius 1 is 1.09 bits per heavy atom. The fourth-order valence-electron chi connectivity index (χ4n) is 2.95. The summed E-state index contributed by atoms with van der Waals surface area (Å²) in [6.07, 6.45) is 1.75. The topological polar surface area (TPSA) is 65.1 Å². The Labute approximate surface area is 134 Å². The van der Waals surface area contributed by atoms with Crippen LogP contribution in [-0.4, -0.2) is 49.1 Å². The average molecular weight is 317 g/mol. The lowest BCUT2D eigenvalue weighted by Gasteiger charge is -2.34. The Hall–Kier alpha value is -2.02. The van der Waals surface area contributed by atoms with Crippen molar-refractivity contribution in [1.29, 1.82) is 0 Å². The fraction of sp³-hybridized carbons (Fsp3) is 0.412. The molecule has 0 N–H and O–H groups in total. The molecule has 2 aliphatic heterocycles. The smallest absolute Gasteiger partial charge is 0.261 e. The van der Waals surface area contributed by atoms with E-state index in [1.807, 2.05) is 6.92 Å². The van der Waals surface area contributed by atoms with Crippen molar-refractivity contribution < 1.29 is 23.8 Å². The molecule has 2 aliphatic rings. The van der Waals surface area contributed by atoms with Crippen LogP contribution in [0.5, 0.6) is 0 Å². The molecule has 6 heteroatoms. The lowest BCUT2D eigenvalue weighted by Crippen LogP contribution is -2.48. The maximum absolute atomic E-state index is 12.5. The number of fused-ring (bicyclic) bond motifs is 1. The largest absolute Gasteiger partial charge is 0.350 e. The molecule has 23 heavy (non-hydrogen) atoms. The molecule has 0 saturated heterocycles. The molecular formula is C17H19NO5. The van der Waals surface area contributed by atoms with E-state index in [0.717, 1.165) is 10.5 Å². The first-order chi connectivity index (χ1) is 10.9. The predicted octanol–water partition coefficient (Wildman–Crippen LogP) is 1.96. The van der Waals surface area contributed by atoms with Gasteiger partial charge in [0, 0.05) is 14.2 Å². The third kappa shape index (κ3) is 2.30. The van der Waals surface area contributed by atoms with Gasteiger partial charge in [-0.05, 0) is 37.6 Å². The molecule has 2 heterocycles. The zero-order chi connectivity index (χ0) is 16.8. The van der Waals surface area contributed by atoms with Crippen molar-refractivity contribution >= 4 is 11.8 Å². The number of carbonyl (C=O) groups is 2. The summed E-state index contributed by atoms with van der Waals surface area (Å²) >= 11 is 0. The number of hydrogen-bond acceptors (Lipinski definition) is 5. The molecule has 0 saturated carbocycles. The lowest BCUT2D eigenvalue weighted by molar-refractivity contribution is -0.290. The lowest BCUT2D eigenvalue weighted by atomic mass is 10.1. The zero-order valence-corrected chi connectivity index (χ0v) is 13.6. The van der Waals surface area contributed by atoms with Gasteiger partial charge in [0.05, 0.1) is 17.7 Å². The van der Waals surface area contributed by atoms with E-state index in [9.17, 15) is 9.59 Å². The van der Waals surface area contributed by atoms with Gasteiger partial charge in [0.15, 0.2) is 5.79 Å². The molecule has 2 unspecified atom stereocenters. The van der Waals surface area contributed by atoms with Crippen LogP contribution in [0.3, 0.4) is 0 Å². The number of ether oxygens (including phenoxy) is 3. The van der Waals surface area contributed by atoms with Gasteiger partial charge in [-0.25, -0.2) is 0 Å². The molecule has 0 bridgehead atoms. The van der Waals surface area contributed by atoms with E-state index in [0.29, 0.717) is 11.1 Å². The second kappa shape index (κ2) is 5.26. The summed E-state index contributed by atoms with van der Waals surface area (Å²) in [7, 11) is 3.01. The van der Waals surface area contributed by atoms with Crippen LogP contribution >= 0.6 is 0 Å². The van der Waals surface area contributed by atoms with Gasteiger partial charge < -0.3 is 14.2 Å². The molecule has 0 aliphatic carbocycles. The van der Waals surface area contributed by atoms with Crippen LogP contribution in [0, 0.1) is 0 Å². The van der Waals surface area contributed by atoms with Gasteiger partial charge in [0.25, 0.3) is 11.8 Å². The minimum absolute atomic E-state index is 0.0356. The Bertz CT molecular complexity index is 678. The highest BCUT2D eigenvalue weighted by atomic mass is 16.8. The summed E-state index contributed by atoms with van der Waals surface area (Å²) in [4.78, 5) is 26.2. The maximum atomic E-state index is 12.5. The molecule has 3 rings (SSSR count). The first-order valence-corrected chi connectivity index (χ1v) is 7.31. The maximum Gasteiger partial charge on any atom is 0.261 e. The Morgan fingerprint density at radius 3 is 2.09 bits per heavy atom. The van der Waals surface area contributed by atoms with E-state index in [-0.39, 0.29) is 18.4 Å². The Morgan fingerprint density at radius 2 is 1.65 bits per heavy atom. The quantitative estimate of drug-likeness (QED) is 0.627. The summed E-state index contributed by atoms with van der Waals surface area (Å²) in [5, 5.41) is 0.